The fourth-order valence-electron chi connectivity index (χ4n) is 2.05. The predicted molar refractivity (Wildman–Crippen MR) is 68.6 cm³/mol. The largest absolute Gasteiger partial charge is 0.444 e. The molecule has 0 bridgehead atoms. The minimum Gasteiger partial charge on any atom is -0.444 e. The molecule has 0 aliphatic carbocycles. The van der Waals surface area contributed by atoms with Crippen LogP contribution in [0.5, 0.6) is 0 Å². The molecule has 2 atom stereocenters. The topological polar surface area (TPSA) is 48.0 Å². The molecule has 1 saturated heterocycles. The average molecular weight is 259 g/mol. The molecule has 18 heavy (non-hydrogen) atoms. The summed E-state index contributed by atoms with van der Waals surface area (Å²) in [7, 11) is 3.32. The molecule has 0 N–H and O–H groups in total. The number of ether oxygens (including phenoxy) is 3. The van der Waals surface area contributed by atoms with E-state index in [0.717, 1.165) is 6.42 Å². The lowest BCUT2D eigenvalue weighted by Crippen LogP contribution is -2.57. The van der Waals surface area contributed by atoms with Crippen molar-refractivity contribution in [2.24, 2.45) is 0 Å². The van der Waals surface area contributed by atoms with Gasteiger partial charge in [0.2, 0.25) is 0 Å². The number of nitrogens with zero attached hydrogens (tertiary/aromatic N) is 1. The van der Waals surface area contributed by atoms with Gasteiger partial charge in [-0.05, 0) is 34.1 Å². The van der Waals surface area contributed by atoms with Gasteiger partial charge >= 0.3 is 6.09 Å². The van der Waals surface area contributed by atoms with Crippen LogP contribution in [0.25, 0.3) is 0 Å². The van der Waals surface area contributed by atoms with Crippen LogP contribution in [0.15, 0.2) is 0 Å². The van der Waals surface area contributed by atoms with E-state index in [9.17, 15) is 4.79 Å². The molecule has 1 aliphatic rings. The molecule has 0 saturated carbocycles. The SMILES string of the molecule is COC1CN(C(=O)OC(C)(C)C)CCC1(C)OC. The Morgan fingerprint density at radius 3 is 2.39 bits per heavy atom. The van der Waals surface area contributed by atoms with E-state index in [-0.39, 0.29) is 17.8 Å². The van der Waals surface area contributed by atoms with Crippen LogP contribution >= 0.6 is 0 Å². The number of likely N-dealkylation sites (tertiary alicyclic amines) is 1. The summed E-state index contributed by atoms with van der Waals surface area (Å²) in [6, 6.07) is 0. The van der Waals surface area contributed by atoms with Crippen molar-refractivity contribution >= 4 is 6.09 Å². The van der Waals surface area contributed by atoms with Crippen LogP contribution in [0.1, 0.15) is 34.1 Å². The van der Waals surface area contributed by atoms with E-state index in [2.05, 4.69) is 0 Å². The van der Waals surface area contributed by atoms with Crippen molar-refractivity contribution in [3.05, 3.63) is 0 Å². The number of amides is 1. The lowest BCUT2D eigenvalue weighted by Gasteiger charge is -2.44. The van der Waals surface area contributed by atoms with Gasteiger partial charge in [-0.2, -0.15) is 0 Å². The summed E-state index contributed by atoms with van der Waals surface area (Å²) in [5.74, 6) is 0. The van der Waals surface area contributed by atoms with Crippen molar-refractivity contribution in [2.45, 2.75) is 51.4 Å². The van der Waals surface area contributed by atoms with Crippen LogP contribution in [0.2, 0.25) is 0 Å². The van der Waals surface area contributed by atoms with Gasteiger partial charge in [-0.3, -0.25) is 0 Å². The molecular formula is C13H25NO4. The Kier molecular flexibility index (Phi) is 4.61. The fourth-order valence-corrected chi connectivity index (χ4v) is 2.05. The predicted octanol–water partition coefficient (Wildman–Crippen LogP) is 2.05. The van der Waals surface area contributed by atoms with Gasteiger partial charge in [-0.25, -0.2) is 4.79 Å². The summed E-state index contributed by atoms with van der Waals surface area (Å²) in [6.45, 7) is 8.72. The van der Waals surface area contributed by atoms with Gasteiger partial charge in [-0.15, -0.1) is 0 Å². The lowest BCUT2D eigenvalue weighted by molar-refractivity contribution is -0.140. The highest BCUT2D eigenvalue weighted by atomic mass is 16.6. The maximum absolute atomic E-state index is 12.0. The number of methoxy groups -OCH3 is 2. The lowest BCUT2D eigenvalue weighted by atomic mass is 9.90. The van der Waals surface area contributed by atoms with Crippen molar-refractivity contribution in [1.82, 2.24) is 4.90 Å². The first-order chi connectivity index (χ1) is 8.22. The Labute approximate surface area is 109 Å². The second kappa shape index (κ2) is 5.45. The highest BCUT2D eigenvalue weighted by Gasteiger charge is 2.42. The molecule has 1 aliphatic heterocycles. The minimum atomic E-state index is -0.471. The third-order valence-corrected chi connectivity index (χ3v) is 3.35. The zero-order valence-electron chi connectivity index (χ0n) is 12.3. The normalized spacial score (nSPS) is 29.2. The van der Waals surface area contributed by atoms with Gasteiger partial charge in [0.05, 0.1) is 12.1 Å². The number of hydrogen-bond acceptors (Lipinski definition) is 4. The van der Waals surface area contributed by atoms with Gasteiger partial charge in [0.25, 0.3) is 0 Å². The van der Waals surface area contributed by atoms with E-state index in [4.69, 9.17) is 14.2 Å². The van der Waals surface area contributed by atoms with Crippen LogP contribution in [-0.4, -0.2) is 55.6 Å². The Morgan fingerprint density at radius 1 is 1.33 bits per heavy atom. The number of rotatable bonds is 2. The highest BCUT2D eigenvalue weighted by Crippen LogP contribution is 2.28. The average Bonchev–Trinajstić information content (AvgIpc) is 2.27. The zero-order valence-corrected chi connectivity index (χ0v) is 12.3. The summed E-state index contributed by atoms with van der Waals surface area (Å²) in [5, 5.41) is 0. The van der Waals surface area contributed by atoms with Crippen LogP contribution in [0, 0.1) is 0 Å². The molecule has 106 valence electrons. The molecule has 1 heterocycles. The third-order valence-electron chi connectivity index (χ3n) is 3.35. The molecule has 1 amide bonds. The number of carbonyl (C=O) groups excluding carboxylic acids is 1. The van der Waals surface area contributed by atoms with Gasteiger partial charge in [-0.1, -0.05) is 0 Å². The molecule has 2 unspecified atom stereocenters. The molecular weight excluding hydrogens is 234 g/mol. The van der Waals surface area contributed by atoms with E-state index in [1.54, 1.807) is 19.1 Å². The Bertz CT molecular complexity index is 300. The molecule has 5 nitrogen and oxygen atoms in total. The third kappa shape index (κ3) is 3.59. The Morgan fingerprint density at radius 2 is 1.94 bits per heavy atom. The molecule has 1 rings (SSSR count). The first-order valence-electron chi connectivity index (χ1n) is 6.28. The first-order valence-corrected chi connectivity index (χ1v) is 6.28. The van der Waals surface area contributed by atoms with E-state index in [1.165, 1.54) is 0 Å². The number of hydrogen-bond donors (Lipinski definition) is 0. The van der Waals surface area contributed by atoms with Crippen molar-refractivity contribution in [2.75, 3.05) is 27.3 Å². The molecule has 0 spiro atoms. The van der Waals surface area contributed by atoms with Crippen molar-refractivity contribution in [3.8, 4) is 0 Å². The summed E-state index contributed by atoms with van der Waals surface area (Å²) in [6.07, 6.45) is 0.313. The van der Waals surface area contributed by atoms with Gasteiger partial charge in [0.1, 0.15) is 11.7 Å². The molecule has 5 heteroatoms. The Hall–Kier alpha value is -0.810. The second-order valence-electron chi connectivity index (χ2n) is 5.92. The maximum atomic E-state index is 12.0. The highest BCUT2D eigenvalue weighted by molar-refractivity contribution is 5.68. The van der Waals surface area contributed by atoms with Gasteiger partial charge < -0.3 is 19.1 Å². The fraction of sp³-hybridized carbons (Fsp3) is 0.923. The summed E-state index contributed by atoms with van der Waals surface area (Å²) in [5.41, 5.74) is -0.811. The van der Waals surface area contributed by atoms with E-state index >= 15 is 0 Å². The smallest absolute Gasteiger partial charge is 0.410 e. The first kappa shape index (κ1) is 15.2. The van der Waals surface area contributed by atoms with Crippen LogP contribution in [0.4, 0.5) is 4.79 Å². The summed E-state index contributed by atoms with van der Waals surface area (Å²) in [4.78, 5) is 13.7. The second-order valence-corrected chi connectivity index (χ2v) is 5.92. The Balaban J connectivity index is 2.65. The molecule has 0 aromatic heterocycles. The molecule has 1 fully saturated rings. The van der Waals surface area contributed by atoms with Crippen LogP contribution in [0.3, 0.4) is 0 Å². The van der Waals surface area contributed by atoms with E-state index < -0.39 is 5.60 Å². The van der Waals surface area contributed by atoms with Crippen LogP contribution < -0.4 is 0 Å². The quantitative estimate of drug-likeness (QED) is 0.761. The molecule has 0 aromatic rings. The number of piperidine rings is 1. The summed E-state index contributed by atoms with van der Waals surface area (Å²) >= 11 is 0. The number of carbonyl (C=O) groups is 1. The molecule has 0 radical (unpaired) electrons. The standard InChI is InChI=1S/C13H25NO4/c1-12(2,3)18-11(15)14-8-7-13(4,17-6)10(9-14)16-5/h10H,7-9H2,1-6H3. The van der Waals surface area contributed by atoms with Crippen molar-refractivity contribution in [3.63, 3.8) is 0 Å². The van der Waals surface area contributed by atoms with E-state index in [1.807, 2.05) is 27.7 Å². The van der Waals surface area contributed by atoms with Gasteiger partial charge in [0.15, 0.2) is 0 Å². The van der Waals surface area contributed by atoms with Crippen molar-refractivity contribution < 1.29 is 19.0 Å². The van der Waals surface area contributed by atoms with Crippen molar-refractivity contribution in [1.29, 1.82) is 0 Å². The van der Waals surface area contributed by atoms with Gasteiger partial charge in [0, 0.05) is 20.8 Å². The maximum Gasteiger partial charge on any atom is 0.410 e. The van der Waals surface area contributed by atoms with E-state index in [0.29, 0.717) is 13.1 Å². The monoisotopic (exact) mass is 259 g/mol. The molecule has 0 aromatic carbocycles. The summed E-state index contributed by atoms with van der Waals surface area (Å²) < 4.78 is 16.3. The van der Waals surface area contributed by atoms with Crippen LogP contribution in [-0.2, 0) is 14.2 Å². The zero-order chi connectivity index (χ0) is 14.0. The minimum absolute atomic E-state index is 0.135.